The van der Waals surface area contributed by atoms with Gasteiger partial charge >= 0.3 is 0 Å². The Bertz CT molecular complexity index is 633. The number of aryl methyl sites for hydroxylation is 1. The Morgan fingerprint density at radius 1 is 1.29 bits per heavy atom. The molecule has 3 rings (SSSR count). The molecular formula is C16H21ClN4. The molecule has 2 heterocycles. The fourth-order valence-corrected chi connectivity index (χ4v) is 2.89. The molecule has 1 aliphatic rings. The summed E-state index contributed by atoms with van der Waals surface area (Å²) < 4.78 is 2.11. The number of rotatable bonds is 4. The number of halogens is 1. The van der Waals surface area contributed by atoms with E-state index in [4.69, 9.17) is 11.6 Å². The van der Waals surface area contributed by atoms with E-state index in [1.54, 1.807) is 6.20 Å². The van der Waals surface area contributed by atoms with Crippen molar-refractivity contribution in [3.8, 4) is 5.82 Å². The van der Waals surface area contributed by atoms with Crippen molar-refractivity contribution in [2.45, 2.75) is 52.1 Å². The first-order chi connectivity index (χ1) is 10.1. The number of nitrogens with zero attached hydrogens (tertiary/aromatic N) is 3. The molecule has 112 valence electrons. The van der Waals surface area contributed by atoms with Crippen LogP contribution in [0, 0.1) is 0 Å². The number of aromatic nitrogens is 3. The molecule has 2 aromatic rings. The van der Waals surface area contributed by atoms with E-state index in [2.05, 4.69) is 39.8 Å². The standard InChI is InChI=1S/C16H21ClN4/c1-11(2)18-8-12-7-16(19-9-13(12)17)21-10-20-14-5-3-4-6-15(14)21/h7,9-11,18H,3-6,8H2,1-2H3. The summed E-state index contributed by atoms with van der Waals surface area (Å²) in [5, 5.41) is 4.11. The van der Waals surface area contributed by atoms with Gasteiger partial charge < -0.3 is 5.32 Å². The average Bonchev–Trinajstić information content (AvgIpc) is 2.90. The molecule has 0 atom stereocenters. The van der Waals surface area contributed by atoms with Gasteiger partial charge in [0.15, 0.2) is 0 Å². The number of nitrogens with one attached hydrogen (secondary N) is 1. The Balaban J connectivity index is 1.92. The molecule has 1 N–H and O–H groups in total. The molecule has 21 heavy (non-hydrogen) atoms. The van der Waals surface area contributed by atoms with Gasteiger partial charge in [0.2, 0.25) is 0 Å². The van der Waals surface area contributed by atoms with Crippen LogP contribution in [0.2, 0.25) is 5.02 Å². The van der Waals surface area contributed by atoms with Gasteiger partial charge in [-0.25, -0.2) is 9.97 Å². The highest BCUT2D eigenvalue weighted by atomic mass is 35.5. The van der Waals surface area contributed by atoms with Gasteiger partial charge in [0.25, 0.3) is 0 Å². The van der Waals surface area contributed by atoms with Crippen molar-refractivity contribution in [1.82, 2.24) is 19.9 Å². The first kappa shape index (κ1) is 14.5. The monoisotopic (exact) mass is 304 g/mol. The predicted octanol–water partition coefficient (Wildman–Crippen LogP) is 3.30. The van der Waals surface area contributed by atoms with E-state index in [-0.39, 0.29) is 0 Å². The molecule has 0 fully saturated rings. The summed E-state index contributed by atoms with van der Waals surface area (Å²) in [5.74, 6) is 0.913. The van der Waals surface area contributed by atoms with Crippen LogP contribution >= 0.6 is 11.6 Å². The molecule has 4 nitrogen and oxygen atoms in total. The highest BCUT2D eigenvalue weighted by molar-refractivity contribution is 6.31. The summed E-state index contributed by atoms with van der Waals surface area (Å²) in [6.07, 6.45) is 8.27. The molecule has 0 saturated heterocycles. The van der Waals surface area contributed by atoms with Gasteiger partial charge in [0.1, 0.15) is 12.1 Å². The molecule has 0 radical (unpaired) electrons. The summed E-state index contributed by atoms with van der Waals surface area (Å²) in [6, 6.07) is 2.49. The maximum absolute atomic E-state index is 6.26. The van der Waals surface area contributed by atoms with Crippen molar-refractivity contribution in [3.05, 3.63) is 40.6 Å². The van der Waals surface area contributed by atoms with Crippen LogP contribution in [-0.2, 0) is 19.4 Å². The number of hydrogen-bond donors (Lipinski definition) is 1. The highest BCUT2D eigenvalue weighted by Gasteiger charge is 2.17. The summed E-state index contributed by atoms with van der Waals surface area (Å²) in [4.78, 5) is 9.01. The fraction of sp³-hybridized carbons (Fsp3) is 0.500. The summed E-state index contributed by atoms with van der Waals surface area (Å²) >= 11 is 6.26. The molecule has 0 amide bonds. The van der Waals surface area contributed by atoms with E-state index in [1.165, 1.54) is 24.2 Å². The van der Waals surface area contributed by atoms with E-state index in [0.717, 1.165) is 30.8 Å². The Kier molecular flexibility index (Phi) is 4.27. The lowest BCUT2D eigenvalue weighted by molar-refractivity contribution is 0.588. The van der Waals surface area contributed by atoms with Gasteiger partial charge in [-0.3, -0.25) is 4.57 Å². The molecule has 0 bridgehead atoms. The summed E-state index contributed by atoms with van der Waals surface area (Å²) in [6.45, 7) is 5.01. The topological polar surface area (TPSA) is 42.7 Å². The molecule has 5 heteroatoms. The minimum Gasteiger partial charge on any atom is -0.310 e. The Hall–Kier alpha value is -1.39. The Morgan fingerprint density at radius 2 is 2.10 bits per heavy atom. The van der Waals surface area contributed by atoms with Gasteiger partial charge in [-0.1, -0.05) is 25.4 Å². The lowest BCUT2D eigenvalue weighted by Crippen LogP contribution is -2.22. The van der Waals surface area contributed by atoms with Crippen LogP contribution in [0.1, 0.15) is 43.6 Å². The van der Waals surface area contributed by atoms with E-state index >= 15 is 0 Å². The quantitative estimate of drug-likeness (QED) is 0.942. The Labute approximate surface area is 130 Å². The van der Waals surface area contributed by atoms with Crippen molar-refractivity contribution in [2.75, 3.05) is 0 Å². The average molecular weight is 305 g/mol. The fourth-order valence-electron chi connectivity index (χ4n) is 2.72. The van der Waals surface area contributed by atoms with Crippen LogP contribution < -0.4 is 5.32 Å². The Morgan fingerprint density at radius 3 is 2.90 bits per heavy atom. The molecule has 0 spiro atoms. The largest absolute Gasteiger partial charge is 0.310 e. The molecule has 0 aliphatic heterocycles. The highest BCUT2D eigenvalue weighted by Crippen LogP contribution is 2.24. The normalized spacial score (nSPS) is 14.5. The number of pyridine rings is 1. The van der Waals surface area contributed by atoms with Crippen molar-refractivity contribution < 1.29 is 0 Å². The lowest BCUT2D eigenvalue weighted by Gasteiger charge is -2.15. The number of fused-ring (bicyclic) bond motifs is 1. The van der Waals surface area contributed by atoms with E-state index in [9.17, 15) is 0 Å². The van der Waals surface area contributed by atoms with Gasteiger partial charge in [0, 0.05) is 24.5 Å². The van der Waals surface area contributed by atoms with Crippen LogP contribution in [-0.4, -0.2) is 20.6 Å². The van der Waals surface area contributed by atoms with Crippen LogP contribution in [0.5, 0.6) is 0 Å². The number of hydrogen-bond acceptors (Lipinski definition) is 3. The number of imidazole rings is 1. The molecular weight excluding hydrogens is 284 g/mol. The second-order valence-corrected chi connectivity index (χ2v) is 6.29. The zero-order valence-electron chi connectivity index (χ0n) is 12.6. The van der Waals surface area contributed by atoms with E-state index in [0.29, 0.717) is 11.1 Å². The second-order valence-electron chi connectivity index (χ2n) is 5.88. The van der Waals surface area contributed by atoms with E-state index < -0.39 is 0 Å². The summed E-state index contributed by atoms with van der Waals surface area (Å²) in [5.41, 5.74) is 3.60. The van der Waals surface area contributed by atoms with Gasteiger partial charge in [0.05, 0.1) is 10.7 Å². The van der Waals surface area contributed by atoms with Gasteiger partial charge in [-0.2, -0.15) is 0 Å². The molecule has 0 unspecified atom stereocenters. The van der Waals surface area contributed by atoms with Crippen LogP contribution in [0.25, 0.3) is 5.82 Å². The van der Waals surface area contributed by atoms with Gasteiger partial charge in [-0.15, -0.1) is 0 Å². The molecule has 0 aromatic carbocycles. The van der Waals surface area contributed by atoms with Gasteiger partial charge in [-0.05, 0) is 37.3 Å². The minimum absolute atomic E-state index is 0.429. The first-order valence-corrected chi connectivity index (χ1v) is 7.96. The van der Waals surface area contributed by atoms with Crippen molar-refractivity contribution in [2.24, 2.45) is 0 Å². The predicted molar refractivity (Wildman–Crippen MR) is 85.0 cm³/mol. The lowest BCUT2D eigenvalue weighted by atomic mass is 10.0. The van der Waals surface area contributed by atoms with Crippen LogP contribution in [0.15, 0.2) is 18.6 Å². The van der Waals surface area contributed by atoms with Crippen molar-refractivity contribution >= 4 is 11.6 Å². The third-order valence-corrected chi connectivity index (χ3v) is 4.24. The second kappa shape index (κ2) is 6.16. The third kappa shape index (κ3) is 3.11. The smallest absolute Gasteiger partial charge is 0.138 e. The SMILES string of the molecule is CC(C)NCc1cc(-n2cnc3c2CCCC3)ncc1Cl. The molecule has 2 aromatic heterocycles. The van der Waals surface area contributed by atoms with Crippen molar-refractivity contribution in [3.63, 3.8) is 0 Å². The van der Waals surface area contributed by atoms with Crippen LogP contribution in [0.3, 0.4) is 0 Å². The van der Waals surface area contributed by atoms with E-state index in [1.807, 2.05) is 6.33 Å². The zero-order valence-corrected chi connectivity index (χ0v) is 13.3. The molecule has 1 aliphatic carbocycles. The maximum atomic E-state index is 6.26. The van der Waals surface area contributed by atoms with Crippen LogP contribution in [0.4, 0.5) is 0 Å². The zero-order chi connectivity index (χ0) is 14.8. The first-order valence-electron chi connectivity index (χ1n) is 7.58. The van der Waals surface area contributed by atoms with Crippen molar-refractivity contribution in [1.29, 1.82) is 0 Å². The molecule has 0 saturated carbocycles. The minimum atomic E-state index is 0.429. The third-order valence-electron chi connectivity index (χ3n) is 3.90. The maximum Gasteiger partial charge on any atom is 0.138 e. The summed E-state index contributed by atoms with van der Waals surface area (Å²) in [7, 11) is 0.